The van der Waals surface area contributed by atoms with Crippen molar-refractivity contribution in [2.75, 3.05) is 24.6 Å². The molecule has 1 aromatic carbocycles. The maximum atomic E-state index is 14.1. The highest BCUT2D eigenvalue weighted by Crippen LogP contribution is 2.32. The summed E-state index contributed by atoms with van der Waals surface area (Å²) in [5.74, 6) is -1.07. The maximum absolute atomic E-state index is 14.1. The van der Waals surface area contributed by atoms with Gasteiger partial charge < -0.3 is 14.4 Å². The highest BCUT2D eigenvalue weighted by molar-refractivity contribution is 7.86. The zero-order valence-electron chi connectivity index (χ0n) is 17.4. The van der Waals surface area contributed by atoms with Crippen LogP contribution >= 0.6 is 0 Å². The van der Waals surface area contributed by atoms with Gasteiger partial charge in [-0.2, -0.15) is 0 Å². The van der Waals surface area contributed by atoms with Crippen LogP contribution in [0.15, 0.2) is 42.4 Å². The fourth-order valence-corrected chi connectivity index (χ4v) is 2.69. The SMILES string of the molecule is CCS(=O)Nc1ncc(Oc2ccc(F)cc2F)c(C(/C=C(\C)OC)=C/N(C)C=O)n1. The van der Waals surface area contributed by atoms with Crippen molar-refractivity contribution in [2.45, 2.75) is 13.8 Å². The number of nitrogens with one attached hydrogen (secondary N) is 1. The number of hydrogen-bond donors (Lipinski definition) is 1. The Hall–Kier alpha value is -3.34. The molecule has 0 bridgehead atoms. The second-order valence-electron chi connectivity index (χ2n) is 6.13. The minimum Gasteiger partial charge on any atom is -0.501 e. The molecule has 0 spiro atoms. The first kappa shape index (κ1) is 23.9. The van der Waals surface area contributed by atoms with E-state index >= 15 is 0 Å². The number of amides is 1. The van der Waals surface area contributed by atoms with Gasteiger partial charge in [-0.1, -0.05) is 6.92 Å². The largest absolute Gasteiger partial charge is 0.501 e. The number of hydrogen-bond acceptors (Lipinski definition) is 6. The van der Waals surface area contributed by atoms with Crippen molar-refractivity contribution in [1.29, 1.82) is 0 Å². The van der Waals surface area contributed by atoms with Crippen LogP contribution in [0.3, 0.4) is 0 Å². The molecule has 0 saturated carbocycles. The Labute approximate surface area is 181 Å². The van der Waals surface area contributed by atoms with Crippen molar-refractivity contribution in [2.24, 2.45) is 0 Å². The second kappa shape index (κ2) is 11.2. The Morgan fingerprint density at radius 1 is 1.32 bits per heavy atom. The Bertz CT molecular complexity index is 1030. The number of rotatable bonds is 10. The Balaban J connectivity index is 2.64. The lowest BCUT2D eigenvalue weighted by Crippen LogP contribution is -2.12. The van der Waals surface area contributed by atoms with Crippen LogP contribution in [-0.4, -0.2) is 45.4 Å². The lowest BCUT2D eigenvalue weighted by molar-refractivity contribution is -0.114. The van der Waals surface area contributed by atoms with Crippen LogP contribution in [0.1, 0.15) is 19.5 Å². The lowest BCUT2D eigenvalue weighted by atomic mass is 10.1. The summed E-state index contributed by atoms with van der Waals surface area (Å²) in [5, 5.41) is 0. The highest BCUT2D eigenvalue weighted by atomic mass is 32.2. The van der Waals surface area contributed by atoms with Crippen molar-refractivity contribution in [1.82, 2.24) is 14.9 Å². The number of carbonyl (C=O) groups is 1. The van der Waals surface area contributed by atoms with E-state index in [9.17, 15) is 17.8 Å². The molecule has 0 fully saturated rings. The summed E-state index contributed by atoms with van der Waals surface area (Å²) < 4.78 is 52.7. The zero-order valence-corrected chi connectivity index (χ0v) is 18.2. The summed E-state index contributed by atoms with van der Waals surface area (Å²) in [6.45, 7) is 3.40. The van der Waals surface area contributed by atoms with E-state index in [1.54, 1.807) is 19.9 Å². The minimum atomic E-state index is -1.42. The summed E-state index contributed by atoms with van der Waals surface area (Å²) in [4.78, 5) is 20.8. The topological polar surface area (TPSA) is 93.7 Å². The van der Waals surface area contributed by atoms with Crippen molar-refractivity contribution < 1.29 is 27.3 Å². The number of benzene rings is 1. The molecular weight excluding hydrogens is 430 g/mol. The average molecular weight is 452 g/mol. The number of nitrogens with zero attached hydrogens (tertiary/aromatic N) is 3. The molecule has 1 heterocycles. The molecule has 0 saturated heterocycles. The van der Waals surface area contributed by atoms with Crippen LogP contribution in [0.25, 0.3) is 5.57 Å². The Morgan fingerprint density at radius 2 is 2.06 bits per heavy atom. The smallest absolute Gasteiger partial charge is 0.235 e. The summed E-state index contributed by atoms with van der Waals surface area (Å²) in [7, 11) is 1.56. The van der Waals surface area contributed by atoms with Gasteiger partial charge in [0.15, 0.2) is 17.3 Å². The summed E-state index contributed by atoms with van der Waals surface area (Å²) in [5.41, 5.74) is 0.513. The molecule has 1 atom stereocenters. The molecule has 1 N–H and O–H groups in total. The van der Waals surface area contributed by atoms with Crippen LogP contribution in [0.4, 0.5) is 14.7 Å². The second-order valence-corrected chi connectivity index (χ2v) is 7.61. The third-order valence-corrected chi connectivity index (χ3v) is 4.73. The number of ether oxygens (including phenoxy) is 2. The zero-order chi connectivity index (χ0) is 23.0. The molecule has 166 valence electrons. The van der Waals surface area contributed by atoms with Gasteiger partial charge in [0.2, 0.25) is 12.4 Å². The van der Waals surface area contributed by atoms with Crippen molar-refractivity contribution in [3.05, 3.63) is 59.8 Å². The minimum absolute atomic E-state index is 0.0176. The fraction of sp³-hybridized carbons (Fsp3) is 0.250. The third kappa shape index (κ3) is 6.85. The van der Waals surface area contributed by atoms with Crippen LogP contribution < -0.4 is 9.46 Å². The fourth-order valence-electron chi connectivity index (χ4n) is 2.25. The molecule has 0 aliphatic heterocycles. The number of anilines is 1. The summed E-state index contributed by atoms with van der Waals surface area (Å²) >= 11 is 0. The van der Waals surface area contributed by atoms with E-state index in [0.717, 1.165) is 12.1 Å². The van der Waals surface area contributed by atoms with Gasteiger partial charge in [-0.25, -0.2) is 23.0 Å². The molecule has 1 amide bonds. The molecule has 11 heteroatoms. The maximum Gasteiger partial charge on any atom is 0.235 e. The van der Waals surface area contributed by atoms with Crippen LogP contribution in [0.2, 0.25) is 0 Å². The van der Waals surface area contributed by atoms with Crippen LogP contribution in [0, 0.1) is 11.6 Å². The van der Waals surface area contributed by atoms with E-state index < -0.39 is 22.6 Å². The molecule has 2 aromatic rings. The molecule has 0 radical (unpaired) electrons. The quantitative estimate of drug-likeness (QED) is 0.336. The van der Waals surface area contributed by atoms with Gasteiger partial charge in [0.25, 0.3) is 0 Å². The van der Waals surface area contributed by atoms with Crippen molar-refractivity contribution in [3.63, 3.8) is 0 Å². The van der Waals surface area contributed by atoms with Gasteiger partial charge >= 0.3 is 0 Å². The molecule has 2 rings (SSSR count). The van der Waals surface area contributed by atoms with Gasteiger partial charge in [0.1, 0.15) is 22.5 Å². The average Bonchev–Trinajstić information content (AvgIpc) is 2.75. The lowest BCUT2D eigenvalue weighted by Gasteiger charge is -2.15. The van der Waals surface area contributed by atoms with Gasteiger partial charge in [-0.15, -0.1) is 0 Å². The summed E-state index contributed by atoms with van der Waals surface area (Å²) in [6, 6.07) is 2.86. The van der Waals surface area contributed by atoms with E-state index in [2.05, 4.69) is 14.7 Å². The molecule has 0 aliphatic carbocycles. The molecule has 1 unspecified atom stereocenters. The van der Waals surface area contributed by atoms with E-state index in [4.69, 9.17) is 9.47 Å². The van der Waals surface area contributed by atoms with Gasteiger partial charge in [0, 0.05) is 30.6 Å². The standard InChI is InChI=1S/C20H22F2N4O4S/c1-5-31(28)25-20-23-10-18(30-17-7-6-15(21)9-16(17)22)19(24-20)14(8-13(2)29-4)11-26(3)12-27/h6-12H,5H2,1-4H3,(H,23,24,25)/b13-8+,14-11+. The van der Waals surface area contributed by atoms with E-state index in [1.807, 2.05) is 0 Å². The van der Waals surface area contributed by atoms with E-state index in [-0.39, 0.29) is 23.1 Å². The molecule has 0 aliphatic rings. The Morgan fingerprint density at radius 3 is 2.68 bits per heavy atom. The van der Waals surface area contributed by atoms with Gasteiger partial charge in [-0.05, 0) is 25.1 Å². The monoisotopic (exact) mass is 452 g/mol. The van der Waals surface area contributed by atoms with Crippen molar-refractivity contribution in [3.8, 4) is 11.5 Å². The van der Waals surface area contributed by atoms with E-state index in [0.29, 0.717) is 29.6 Å². The molecule has 31 heavy (non-hydrogen) atoms. The first-order valence-corrected chi connectivity index (χ1v) is 10.4. The third-order valence-electron chi connectivity index (χ3n) is 3.80. The first-order valence-electron chi connectivity index (χ1n) is 9.04. The summed E-state index contributed by atoms with van der Waals surface area (Å²) in [6.07, 6.45) is 4.86. The number of aromatic nitrogens is 2. The van der Waals surface area contributed by atoms with Crippen LogP contribution in [0.5, 0.6) is 11.5 Å². The molecule has 8 nitrogen and oxygen atoms in total. The highest BCUT2D eigenvalue weighted by Gasteiger charge is 2.17. The predicted octanol–water partition coefficient (Wildman–Crippen LogP) is 3.62. The number of methoxy groups -OCH3 is 1. The number of halogens is 2. The van der Waals surface area contributed by atoms with Crippen LogP contribution in [-0.2, 0) is 20.5 Å². The predicted molar refractivity (Wildman–Crippen MR) is 113 cm³/mol. The normalized spacial score (nSPS) is 12.8. The molecule has 1 aromatic heterocycles. The van der Waals surface area contributed by atoms with Gasteiger partial charge in [-0.3, -0.25) is 9.52 Å². The first-order chi connectivity index (χ1) is 14.8. The molecular formula is C20H22F2N4O4S. The Kier molecular flexibility index (Phi) is 8.62. The van der Waals surface area contributed by atoms with E-state index in [1.165, 1.54) is 31.5 Å². The van der Waals surface area contributed by atoms with Crippen molar-refractivity contribution >= 4 is 28.9 Å². The number of allylic oxidation sites excluding steroid dienone is 3. The van der Waals surface area contributed by atoms with Gasteiger partial charge in [0.05, 0.1) is 19.1 Å². The number of carbonyl (C=O) groups excluding carboxylic acids is 1.